The molecule has 0 unspecified atom stereocenters. The Morgan fingerprint density at radius 1 is 1.33 bits per heavy atom. The summed E-state index contributed by atoms with van der Waals surface area (Å²) in [5, 5.41) is 8.92. The molecule has 0 spiro atoms. The summed E-state index contributed by atoms with van der Waals surface area (Å²) >= 11 is 5.53. The zero-order chi connectivity index (χ0) is 21.8. The molecule has 3 aromatic rings. The Labute approximate surface area is 173 Å². The topological polar surface area (TPSA) is 97.0 Å². The van der Waals surface area contributed by atoms with Crippen LogP contribution in [-0.4, -0.2) is 45.8 Å². The van der Waals surface area contributed by atoms with Crippen LogP contribution in [0.4, 0.5) is 18.9 Å². The number of nitrogens with zero attached hydrogens (tertiary/aromatic N) is 2. The highest BCUT2D eigenvalue weighted by molar-refractivity contribution is 6.29. The molecule has 0 saturated carbocycles. The van der Waals surface area contributed by atoms with Crippen molar-refractivity contribution in [3.8, 4) is 5.88 Å². The molecule has 0 saturated heterocycles. The molecule has 1 aromatic carbocycles. The van der Waals surface area contributed by atoms with Crippen molar-refractivity contribution in [2.24, 2.45) is 0 Å². The second-order valence-corrected chi connectivity index (χ2v) is 6.57. The van der Waals surface area contributed by atoms with Gasteiger partial charge in [0.1, 0.15) is 22.9 Å². The first-order valence-electron chi connectivity index (χ1n) is 8.76. The zero-order valence-corrected chi connectivity index (χ0v) is 16.4. The number of aromatic nitrogens is 3. The molecule has 1 amide bonds. The number of halogens is 4. The summed E-state index contributed by atoms with van der Waals surface area (Å²) < 4.78 is 44.0. The Morgan fingerprint density at radius 2 is 2.10 bits per heavy atom. The Balaban J connectivity index is 2.06. The van der Waals surface area contributed by atoms with Gasteiger partial charge in [-0.3, -0.25) is 14.7 Å². The highest BCUT2D eigenvalue weighted by Crippen LogP contribution is 2.28. The molecule has 0 atom stereocenters. The number of aromatic amines is 1. The highest BCUT2D eigenvalue weighted by Gasteiger charge is 2.23. The van der Waals surface area contributed by atoms with Crippen LogP contribution in [0.5, 0.6) is 5.88 Å². The molecule has 7 nitrogen and oxygen atoms in total. The van der Waals surface area contributed by atoms with Crippen LogP contribution in [-0.2, 0) is 4.79 Å². The maximum absolute atomic E-state index is 13.9. The van der Waals surface area contributed by atoms with Gasteiger partial charge in [0.25, 0.3) is 0 Å². The number of hydrogen-bond acceptors (Lipinski definition) is 5. The van der Waals surface area contributed by atoms with Crippen molar-refractivity contribution in [2.75, 3.05) is 17.8 Å². The molecule has 0 radical (unpaired) electrons. The van der Waals surface area contributed by atoms with Crippen LogP contribution in [0.2, 0.25) is 0 Å². The largest absolute Gasteiger partial charge is 0.477 e. The number of carbonyl (C=O) groups excluding carboxylic acids is 2. The van der Waals surface area contributed by atoms with E-state index in [0.717, 1.165) is 6.07 Å². The van der Waals surface area contributed by atoms with Gasteiger partial charge >= 0.3 is 0 Å². The van der Waals surface area contributed by atoms with Gasteiger partial charge in [-0.15, -0.1) is 11.6 Å². The maximum atomic E-state index is 13.9. The Bertz CT molecular complexity index is 1100. The van der Waals surface area contributed by atoms with E-state index in [1.54, 1.807) is 6.92 Å². The van der Waals surface area contributed by atoms with E-state index in [-0.39, 0.29) is 46.2 Å². The van der Waals surface area contributed by atoms with Gasteiger partial charge in [-0.1, -0.05) is 0 Å². The van der Waals surface area contributed by atoms with Crippen LogP contribution in [0.1, 0.15) is 28.0 Å². The number of anilines is 1. The zero-order valence-electron chi connectivity index (χ0n) is 15.6. The normalized spacial score (nSPS) is 11.1. The smallest absolute Gasteiger partial charge is 0.241 e. The van der Waals surface area contributed by atoms with Crippen molar-refractivity contribution >= 4 is 39.9 Å². The summed E-state index contributed by atoms with van der Waals surface area (Å²) in [6.07, 6.45) is -1.78. The first-order chi connectivity index (χ1) is 14.3. The van der Waals surface area contributed by atoms with Gasteiger partial charge in [-0.05, 0) is 25.1 Å². The molecule has 0 aliphatic rings. The number of nitrogens with one attached hydrogen (secondary N) is 2. The second kappa shape index (κ2) is 9.12. The molecule has 3 rings (SSSR count). The van der Waals surface area contributed by atoms with Crippen LogP contribution < -0.4 is 10.1 Å². The van der Waals surface area contributed by atoms with E-state index < -0.39 is 30.4 Å². The molecular formula is C19H16ClF3N4O3. The quantitative estimate of drug-likeness (QED) is 0.409. The summed E-state index contributed by atoms with van der Waals surface area (Å²) in [6.45, 7) is 1.27. The van der Waals surface area contributed by atoms with Crippen molar-refractivity contribution < 1.29 is 27.5 Å². The van der Waals surface area contributed by atoms with Crippen molar-refractivity contribution in [1.82, 2.24) is 15.2 Å². The van der Waals surface area contributed by atoms with E-state index >= 15 is 0 Å². The SMILES string of the molecule is Cc1cc(NC(=O)CCl)c(C(=O)c2ccc(F)c3[nH]ncc23)nc1OCCC(F)F. The number of alkyl halides is 3. The number of H-pyrrole nitrogens is 1. The van der Waals surface area contributed by atoms with Crippen molar-refractivity contribution in [1.29, 1.82) is 0 Å². The molecule has 0 bridgehead atoms. The van der Waals surface area contributed by atoms with E-state index in [4.69, 9.17) is 16.3 Å². The van der Waals surface area contributed by atoms with E-state index in [2.05, 4.69) is 20.5 Å². The number of ketones is 1. The van der Waals surface area contributed by atoms with Gasteiger partial charge in [0.05, 0.1) is 18.5 Å². The Kier molecular flexibility index (Phi) is 6.56. The highest BCUT2D eigenvalue weighted by atomic mass is 35.5. The summed E-state index contributed by atoms with van der Waals surface area (Å²) in [5.74, 6) is -2.21. The van der Waals surface area contributed by atoms with E-state index in [1.165, 1.54) is 18.3 Å². The van der Waals surface area contributed by atoms with Gasteiger partial charge in [-0.2, -0.15) is 5.10 Å². The number of hydrogen-bond donors (Lipinski definition) is 2. The minimum Gasteiger partial charge on any atom is -0.477 e. The minimum absolute atomic E-state index is 0.0339. The molecule has 158 valence electrons. The fourth-order valence-electron chi connectivity index (χ4n) is 2.77. The van der Waals surface area contributed by atoms with Crippen LogP contribution >= 0.6 is 11.6 Å². The number of pyridine rings is 1. The number of fused-ring (bicyclic) bond motifs is 1. The third-order valence-corrected chi connectivity index (χ3v) is 4.40. The fraction of sp³-hybridized carbons (Fsp3) is 0.263. The molecule has 30 heavy (non-hydrogen) atoms. The molecule has 2 heterocycles. The lowest BCUT2D eigenvalue weighted by Gasteiger charge is -2.14. The monoisotopic (exact) mass is 440 g/mol. The van der Waals surface area contributed by atoms with Gasteiger partial charge in [0, 0.05) is 22.9 Å². The number of carbonyl (C=O) groups is 2. The van der Waals surface area contributed by atoms with Gasteiger partial charge < -0.3 is 10.1 Å². The fourth-order valence-corrected chi connectivity index (χ4v) is 2.83. The minimum atomic E-state index is -2.55. The third-order valence-electron chi connectivity index (χ3n) is 4.16. The number of aryl methyl sites for hydroxylation is 1. The maximum Gasteiger partial charge on any atom is 0.241 e. The number of rotatable bonds is 8. The molecular weight excluding hydrogens is 425 g/mol. The van der Waals surface area contributed by atoms with Gasteiger partial charge in [-0.25, -0.2) is 18.2 Å². The standard InChI is InChI=1S/C19H16ClF3N4O3/c1-9-6-13(25-15(28)7-20)17(26-19(9)30-5-4-14(22)23)18(29)10-2-3-12(21)16-11(10)8-24-27-16/h2-3,6,8,14H,4-5,7H2,1H3,(H,24,27)(H,25,28). The molecule has 2 N–H and O–H groups in total. The first-order valence-corrected chi connectivity index (χ1v) is 9.30. The van der Waals surface area contributed by atoms with Crippen LogP contribution in [0.3, 0.4) is 0 Å². The van der Waals surface area contributed by atoms with Crippen molar-refractivity contribution in [2.45, 2.75) is 19.8 Å². The van der Waals surface area contributed by atoms with E-state index in [9.17, 15) is 22.8 Å². The average molecular weight is 441 g/mol. The Morgan fingerprint density at radius 3 is 2.80 bits per heavy atom. The summed E-state index contributed by atoms with van der Waals surface area (Å²) in [4.78, 5) is 29.2. The van der Waals surface area contributed by atoms with E-state index in [0.29, 0.717) is 5.56 Å². The summed E-state index contributed by atoms with van der Waals surface area (Å²) in [6, 6.07) is 3.79. The molecule has 11 heteroatoms. The van der Waals surface area contributed by atoms with Gasteiger partial charge in [0.15, 0.2) is 0 Å². The second-order valence-electron chi connectivity index (χ2n) is 6.30. The number of ether oxygens (including phenoxy) is 1. The third kappa shape index (κ3) is 4.54. The summed E-state index contributed by atoms with van der Waals surface area (Å²) in [5.41, 5.74) is 0.382. The van der Waals surface area contributed by atoms with E-state index in [1.807, 2.05) is 0 Å². The van der Waals surface area contributed by atoms with Crippen LogP contribution in [0.15, 0.2) is 24.4 Å². The molecule has 0 aliphatic heterocycles. The van der Waals surface area contributed by atoms with Crippen molar-refractivity contribution in [3.05, 3.63) is 47.0 Å². The molecule has 2 aromatic heterocycles. The Hall–Kier alpha value is -3.14. The molecule has 0 aliphatic carbocycles. The van der Waals surface area contributed by atoms with Gasteiger partial charge in [0.2, 0.25) is 24.0 Å². The number of amides is 1. The number of benzene rings is 1. The predicted octanol–water partition coefficient (Wildman–Crippen LogP) is 3.85. The first kappa shape index (κ1) is 21.6. The van der Waals surface area contributed by atoms with Crippen LogP contribution in [0, 0.1) is 12.7 Å². The van der Waals surface area contributed by atoms with Crippen molar-refractivity contribution in [3.63, 3.8) is 0 Å². The molecule has 0 fully saturated rings. The van der Waals surface area contributed by atoms with Crippen LogP contribution in [0.25, 0.3) is 10.9 Å². The predicted molar refractivity (Wildman–Crippen MR) is 104 cm³/mol. The lowest BCUT2D eigenvalue weighted by molar-refractivity contribution is -0.113. The summed E-state index contributed by atoms with van der Waals surface area (Å²) in [7, 11) is 0. The lowest BCUT2D eigenvalue weighted by Crippen LogP contribution is -2.18. The lowest BCUT2D eigenvalue weighted by atomic mass is 10.0. The average Bonchev–Trinajstić information content (AvgIpc) is 3.20.